The van der Waals surface area contributed by atoms with Crippen LogP contribution < -0.4 is 0 Å². The number of pyridine rings is 1. The Morgan fingerprint density at radius 1 is 1.69 bits per heavy atom. The van der Waals surface area contributed by atoms with Gasteiger partial charge in [0.2, 0.25) is 5.95 Å². The highest BCUT2D eigenvalue weighted by molar-refractivity contribution is 6.30. The first-order valence-corrected chi connectivity index (χ1v) is 3.69. The fourth-order valence-corrected chi connectivity index (χ4v) is 0.883. The summed E-state index contributed by atoms with van der Waals surface area (Å²) in [5, 5.41) is 8.53. The number of halogens is 2. The Morgan fingerprint density at radius 2 is 2.38 bits per heavy atom. The second-order valence-corrected chi connectivity index (χ2v) is 2.64. The van der Waals surface area contributed by atoms with Crippen LogP contribution in [-0.2, 0) is 4.79 Å². The topological polar surface area (TPSA) is 50.2 Å². The zero-order valence-electron chi connectivity index (χ0n) is 6.37. The molecule has 0 saturated carbocycles. The maximum absolute atomic E-state index is 12.8. The first kappa shape index (κ1) is 9.67. The molecule has 0 aliphatic rings. The van der Waals surface area contributed by atoms with Crippen LogP contribution >= 0.6 is 11.6 Å². The highest BCUT2D eigenvalue weighted by Crippen LogP contribution is 2.13. The fourth-order valence-electron chi connectivity index (χ4n) is 0.716. The molecular formula is C8H5ClFNO2. The van der Waals surface area contributed by atoms with E-state index in [0.29, 0.717) is 0 Å². The zero-order valence-corrected chi connectivity index (χ0v) is 7.12. The predicted molar refractivity (Wildman–Crippen MR) is 45.9 cm³/mol. The number of aliphatic carboxylic acids is 1. The van der Waals surface area contributed by atoms with Crippen LogP contribution in [0.3, 0.4) is 0 Å². The Balaban J connectivity index is 3.00. The Kier molecular flexibility index (Phi) is 2.97. The minimum atomic E-state index is -1.15. The van der Waals surface area contributed by atoms with Crippen LogP contribution in [0.25, 0.3) is 6.08 Å². The molecule has 0 radical (unpaired) electrons. The summed E-state index contributed by atoms with van der Waals surface area (Å²) >= 11 is 5.52. The quantitative estimate of drug-likeness (QED) is 0.588. The maximum atomic E-state index is 12.8. The molecule has 0 spiro atoms. The molecular weight excluding hydrogens is 197 g/mol. The van der Waals surface area contributed by atoms with Gasteiger partial charge in [0.15, 0.2) is 0 Å². The molecule has 0 aliphatic heterocycles. The van der Waals surface area contributed by atoms with Crippen LogP contribution in [0.5, 0.6) is 0 Å². The first-order chi connectivity index (χ1) is 6.09. The predicted octanol–water partition coefficient (Wildman–Crippen LogP) is 1.97. The van der Waals surface area contributed by atoms with E-state index in [0.717, 1.165) is 18.3 Å². The Hall–Kier alpha value is -1.42. The van der Waals surface area contributed by atoms with Gasteiger partial charge in [-0.25, -0.2) is 9.78 Å². The van der Waals surface area contributed by atoms with Crippen molar-refractivity contribution in [3.05, 3.63) is 34.9 Å². The molecule has 13 heavy (non-hydrogen) atoms. The van der Waals surface area contributed by atoms with Crippen molar-refractivity contribution in [2.45, 2.75) is 0 Å². The van der Waals surface area contributed by atoms with Gasteiger partial charge in [0.1, 0.15) is 0 Å². The molecule has 0 bridgehead atoms. The number of carbonyl (C=O) groups is 1. The van der Waals surface area contributed by atoms with E-state index in [1.807, 2.05) is 0 Å². The largest absolute Gasteiger partial charge is 0.478 e. The van der Waals surface area contributed by atoms with E-state index >= 15 is 0 Å². The average molecular weight is 202 g/mol. The van der Waals surface area contributed by atoms with Gasteiger partial charge in [-0.3, -0.25) is 0 Å². The Labute approximate surface area is 78.5 Å². The van der Waals surface area contributed by atoms with Crippen LogP contribution in [0.15, 0.2) is 18.3 Å². The lowest BCUT2D eigenvalue weighted by Gasteiger charge is -1.94. The number of carboxylic acids is 1. The highest BCUT2D eigenvalue weighted by Gasteiger charge is 2.00. The minimum absolute atomic E-state index is 0.0508. The van der Waals surface area contributed by atoms with Gasteiger partial charge in [-0.1, -0.05) is 11.6 Å². The fraction of sp³-hybridized carbons (Fsp3) is 0. The van der Waals surface area contributed by atoms with Crippen molar-refractivity contribution in [3.8, 4) is 0 Å². The molecule has 1 rings (SSSR count). The van der Waals surface area contributed by atoms with Crippen LogP contribution in [0.4, 0.5) is 4.39 Å². The smallest absolute Gasteiger partial charge is 0.328 e. The summed E-state index contributed by atoms with van der Waals surface area (Å²) in [4.78, 5) is 13.4. The normalized spacial score (nSPS) is 10.6. The number of nitrogens with zero attached hydrogens (tertiary/aromatic N) is 1. The molecule has 1 heterocycles. The Morgan fingerprint density at radius 3 is 3.00 bits per heavy atom. The molecule has 0 unspecified atom stereocenters. The second kappa shape index (κ2) is 4.00. The van der Waals surface area contributed by atoms with Gasteiger partial charge in [-0.15, -0.1) is 0 Å². The van der Waals surface area contributed by atoms with Crippen LogP contribution in [0, 0.1) is 5.95 Å². The lowest BCUT2D eigenvalue weighted by atomic mass is 10.2. The highest BCUT2D eigenvalue weighted by atomic mass is 35.5. The lowest BCUT2D eigenvalue weighted by Crippen LogP contribution is -1.90. The standard InChI is InChI=1S/C8H5ClFNO2/c9-6-3-5(1-2-7(12)13)8(10)11-4-6/h1-4H,(H,12,13). The third-order valence-corrected chi connectivity index (χ3v) is 1.44. The number of hydrogen-bond donors (Lipinski definition) is 1. The van der Waals surface area contributed by atoms with E-state index in [1.54, 1.807) is 0 Å². The van der Waals surface area contributed by atoms with Crippen molar-refractivity contribution in [1.82, 2.24) is 4.98 Å². The molecule has 68 valence electrons. The molecule has 5 heteroatoms. The van der Waals surface area contributed by atoms with Crippen molar-refractivity contribution in [2.75, 3.05) is 0 Å². The van der Waals surface area contributed by atoms with E-state index in [-0.39, 0.29) is 10.6 Å². The van der Waals surface area contributed by atoms with Gasteiger partial charge in [0, 0.05) is 17.8 Å². The van der Waals surface area contributed by atoms with Crippen LogP contribution in [-0.4, -0.2) is 16.1 Å². The number of rotatable bonds is 2. The SMILES string of the molecule is O=C(O)C=Cc1cc(Cl)cnc1F. The number of carboxylic acid groups (broad SMARTS) is 1. The zero-order chi connectivity index (χ0) is 9.84. The second-order valence-electron chi connectivity index (χ2n) is 2.21. The average Bonchev–Trinajstić information content (AvgIpc) is 2.06. The number of aromatic nitrogens is 1. The van der Waals surface area contributed by atoms with Gasteiger partial charge in [0.05, 0.1) is 5.02 Å². The third kappa shape index (κ3) is 2.83. The van der Waals surface area contributed by atoms with Gasteiger partial charge in [-0.05, 0) is 12.1 Å². The third-order valence-electron chi connectivity index (χ3n) is 1.24. The summed E-state index contributed by atoms with van der Waals surface area (Å²) in [6.45, 7) is 0. The maximum Gasteiger partial charge on any atom is 0.328 e. The van der Waals surface area contributed by atoms with Crippen molar-refractivity contribution in [2.24, 2.45) is 0 Å². The van der Waals surface area contributed by atoms with E-state index in [2.05, 4.69) is 4.98 Å². The summed E-state index contributed by atoms with van der Waals surface area (Å²) in [7, 11) is 0. The van der Waals surface area contributed by atoms with Gasteiger partial charge >= 0.3 is 5.97 Å². The molecule has 0 aromatic carbocycles. The van der Waals surface area contributed by atoms with E-state index in [4.69, 9.17) is 16.7 Å². The molecule has 0 aliphatic carbocycles. The molecule has 3 nitrogen and oxygen atoms in total. The molecule has 1 N–H and O–H groups in total. The van der Waals surface area contributed by atoms with Crippen molar-refractivity contribution in [3.63, 3.8) is 0 Å². The summed E-state index contributed by atoms with van der Waals surface area (Å²) in [6.07, 6.45) is 3.06. The first-order valence-electron chi connectivity index (χ1n) is 3.31. The van der Waals surface area contributed by atoms with Gasteiger partial charge in [0.25, 0.3) is 0 Å². The molecule has 1 aromatic rings. The number of hydrogen-bond acceptors (Lipinski definition) is 2. The monoisotopic (exact) mass is 201 g/mol. The van der Waals surface area contributed by atoms with Crippen LogP contribution in [0.1, 0.15) is 5.56 Å². The van der Waals surface area contributed by atoms with Crippen molar-refractivity contribution >= 4 is 23.6 Å². The minimum Gasteiger partial charge on any atom is -0.478 e. The summed E-state index contributed by atoms with van der Waals surface area (Å²) in [5.41, 5.74) is 0.0508. The molecule has 0 saturated heterocycles. The van der Waals surface area contributed by atoms with Gasteiger partial charge in [-0.2, -0.15) is 4.39 Å². The Bertz CT molecular complexity index is 365. The summed E-state index contributed by atoms with van der Waals surface area (Å²) in [5.74, 6) is -1.90. The lowest BCUT2D eigenvalue weighted by molar-refractivity contribution is -0.131. The van der Waals surface area contributed by atoms with E-state index in [1.165, 1.54) is 6.07 Å². The van der Waals surface area contributed by atoms with Crippen LogP contribution in [0.2, 0.25) is 5.02 Å². The molecule has 0 fully saturated rings. The van der Waals surface area contributed by atoms with Gasteiger partial charge < -0.3 is 5.11 Å². The van der Waals surface area contributed by atoms with Crippen molar-refractivity contribution in [1.29, 1.82) is 0 Å². The molecule has 0 atom stereocenters. The van der Waals surface area contributed by atoms with E-state index in [9.17, 15) is 9.18 Å². The molecule has 1 aromatic heterocycles. The summed E-state index contributed by atoms with van der Waals surface area (Å²) < 4.78 is 12.8. The van der Waals surface area contributed by atoms with Crippen molar-refractivity contribution < 1.29 is 14.3 Å². The molecule has 0 amide bonds. The summed E-state index contributed by atoms with van der Waals surface area (Å²) in [6, 6.07) is 1.29. The van der Waals surface area contributed by atoms with E-state index < -0.39 is 11.9 Å².